The minimum absolute atomic E-state index is 0.0766. The van der Waals surface area contributed by atoms with Gasteiger partial charge in [0.1, 0.15) is 29.7 Å². The highest BCUT2D eigenvalue weighted by atomic mass is 33.1. The van der Waals surface area contributed by atoms with Crippen LogP contribution in [0, 0.1) is 17.3 Å². The Morgan fingerprint density at radius 2 is 1.71 bits per heavy atom. The lowest BCUT2D eigenvalue weighted by atomic mass is 9.47. The number of H-pyrrole nitrogens is 1. The summed E-state index contributed by atoms with van der Waals surface area (Å²) in [5.74, 6) is -4.30. The molecule has 24 heteroatoms. The number of hydrazine groups is 1. The lowest BCUT2D eigenvalue weighted by Gasteiger charge is -2.63. The Morgan fingerprint density at radius 3 is 2.41 bits per heavy atom. The second-order valence-corrected chi connectivity index (χ2v) is 26.3. The van der Waals surface area contributed by atoms with Gasteiger partial charge in [-0.1, -0.05) is 65.8 Å². The predicted octanol–water partition coefficient (Wildman–Crippen LogP) is 3.25. The maximum Gasteiger partial charge on any atom is 0.426 e. The number of aliphatic carboxylic acids is 1. The number of fused-ring (bicyclic) bond motifs is 6. The molecule has 6 heterocycles. The first-order valence-corrected chi connectivity index (χ1v) is 31.2. The van der Waals surface area contributed by atoms with E-state index in [-0.39, 0.29) is 49.9 Å². The molecule has 9 rings (SSSR count). The number of benzene rings is 2. The van der Waals surface area contributed by atoms with Crippen LogP contribution in [0.5, 0.6) is 5.75 Å². The SMILES string of the molecule is CC[C@]1(O)C[C@H]2CN(CCc3c([nH]c4ccccc34)[C@@](C(=O)OC)(c3cc4c(cc3OC)N(C)[C@H]3[C@@](O)(C(=O)NNC(=O)OCCSSCCCC(=O)[C@H](CN)NC(=O)[C@@H](CC(C)=O)CC(=O)O)[C@H](O)[C@]5(CC)C=CCN6CC[C@]43[C@@H]65)C2)C1. The Bertz CT molecular complexity index is 3020. The van der Waals surface area contributed by atoms with E-state index in [9.17, 15) is 44.4 Å². The van der Waals surface area contributed by atoms with E-state index in [1.165, 1.54) is 35.6 Å². The number of methoxy groups -OCH3 is 2. The highest BCUT2D eigenvalue weighted by Crippen LogP contribution is 2.67. The molecule has 1 saturated carbocycles. The van der Waals surface area contributed by atoms with E-state index in [1.54, 1.807) is 14.2 Å². The number of nitrogens with two attached hydrogens (primary N) is 1. The minimum Gasteiger partial charge on any atom is -0.496 e. The molecular weight excluding hydrogens is 1110 g/mol. The van der Waals surface area contributed by atoms with Gasteiger partial charge in [-0.2, -0.15) is 0 Å². The molecule has 1 aliphatic carbocycles. The number of esters is 1. The van der Waals surface area contributed by atoms with Crippen LogP contribution in [0.4, 0.5) is 10.5 Å². The van der Waals surface area contributed by atoms with E-state index in [0.29, 0.717) is 105 Å². The summed E-state index contributed by atoms with van der Waals surface area (Å²) in [5, 5.41) is 51.2. The summed E-state index contributed by atoms with van der Waals surface area (Å²) in [6.45, 7) is 7.83. The second kappa shape index (κ2) is 24.7. The average Bonchev–Trinajstić information content (AvgIpc) is 1.55. The van der Waals surface area contributed by atoms with Crippen LogP contribution in [-0.2, 0) is 55.5 Å². The number of carbonyl (C=O) groups is 7. The van der Waals surface area contributed by atoms with Crippen molar-refractivity contribution in [3.05, 3.63) is 70.9 Å². The maximum absolute atomic E-state index is 15.5. The van der Waals surface area contributed by atoms with Crippen molar-refractivity contribution >= 4 is 79.6 Å². The van der Waals surface area contributed by atoms with Crippen LogP contribution in [0.1, 0.15) is 101 Å². The second-order valence-electron chi connectivity index (χ2n) is 23.6. The minimum atomic E-state index is -2.58. The molecule has 5 aliphatic heterocycles. The fourth-order valence-corrected chi connectivity index (χ4v) is 17.3. The summed E-state index contributed by atoms with van der Waals surface area (Å²) >= 11 is 0. The van der Waals surface area contributed by atoms with Crippen LogP contribution in [0.3, 0.4) is 0 Å². The monoisotopic (exact) mass is 1190 g/mol. The van der Waals surface area contributed by atoms with Crippen molar-refractivity contribution in [1.82, 2.24) is 31.0 Å². The van der Waals surface area contributed by atoms with Gasteiger partial charge >= 0.3 is 18.0 Å². The number of para-hydroxylation sites is 1. The number of likely N-dealkylation sites (N-methyl/N-ethyl adjacent to an activating group) is 1. The molecule has 0 radical (unpaired) electrons. The van der Waals surface area contributed by atoms with E-state index in [2.05, 4.69) is 37.0 Å². The van der Waals surface area contributed by atoms with Crippen LogP contribution in [0.25, 0.3) is 10.9 Å². The van der Waals surface area contributed by atoms with E-state index in [1.807, 2.05) is 61.2 Å². The summed E-state index contributed by atoms with van der Waals surface area (Å²) in [4.78, 5) is 103. The number of aliphatic hydroxyl groups excluding tert-OH is 1. The van der Waals surface area contributed by atoms with Gasteiger partial charge in [-0.3, -0.25) is 39.2 Å². The van der Waals surface area contributed by atoms with Gasteiger partial charge in [0, 0.05) is 115 Å². The number of carboxylic acid groups (broad SMARTS) is 1. The number of anilines is 1. The number of rotatable bonds is 22. The zero-order valence-electron chi connectivity index (χ0n) is 48.1. The number of carbonyl (C=O) groups excluding carboxylic acids is 6. The van der Waals surface area contributed by atoms with Crippen LogP contribution < -0.4 is 31.5 Å². The molecule has 10 N–H and O–H groups in total. The molecule has 22 nitrogen and oxygen atoms in total. The molecule has 3 amide bonds. The number of aromatic amines is 1. The highest BCUT2D eigenvalue weighted by molar-refractivity contribution is 8.76. The van der Waals surface area contributed by atoms with Crippen LogP contribution in [0.15, 0.2) is 48.6 Å². The van der Waals surface area contributed by atoms with Gasteiger partial charge in [0.15, 0.2) is 11.4 Å². The molecular formula is C59H80N8O14S2. The van der Waals surface area contributed by atoms with Crippen LogP contribution in [0.2, 0.25) is 0 Å². The fourth-order valence-electron chi connectivity index (χ4n) is 15.4. The number of aliphatic hydroxyl groups is 3. The average molecular weight is 1190 g/mol. The van der Waals surface area contributed by atoms with Gasteiger partial charge < -0.3 is 60.4 Å². The lowest BCUT2D eigenvalue weighted by molar-refractivity contribution is -0.204. The smallest absolute Gasteiger partial charge is 0.426 e. The van der Waals surface area contributed by atoms with Crippen LogP contribution in [-0.4, -0.2) is 191 Å². The number of nitrogens with one attached hydrogen (secondary N) is 4. The van der Waals surface area contributed by atoms with Gasteiger partial charge in [0.05, 0.1) is 44.2 Å². The molecule has 1 spiro atoms. The highest BCUT2D eigenvalue weighted by Gasteiger charge is 2.79. The third-order valence-corrected chi connectivity index (χ3v) is 21.3. The maximum atomic E-state index is 15.5. The number of ketones is 2. The fraction of sp³-hybridized carbons (Fsp3) is 0.610. The zero-order chi connectivity index (χ0) is 59.8. The number of amides is 3. The Morgan fingerprint density at radius 1 is 0.952 bits per heavy atom. The predicted molar refractivity (Wildman–Crippen MR) is 313 cm³/mol. The van der Waals surface area contributed by atoms with Crippen molar-refractivity contribution in [2.75, 3.05) is 83.5 Å². The number of hydrogen-bond donors (Lipinski definition) is 9. The summed E-state index contributed by atoms with van der Waals surface area (Å²) in [6, 6.07) is 9.30. The molecule has 6 aliphatic rings. The summed E-state index contributed by atoms with van der Waals surface area (Å²) < 4.78 is 17.8. The number of Topliss-reactive ketones (excluding diaryl/α,β-unsaturated/α-hetero) is 2. The zero-order valence-corrected chi connectivity index (χ0v) is 49.8. The Kier molecular flexibility index (Phi) is 18.4. The van der Waals surface area contributed by atoms with Crippen molar-refractivity contribution in [2.45, 2.75) is 131 Å². The molecule has 1 aromatic heterocycles. The molecule has 2 aromatic carbocycles. The van der Waals surface area contributed by atoms with Crippen molar-refractivity contribution in [3.63, 3.8) is 0 Å². The van der Waals surface area contributed by atoms with Crippen molar-refractivity contribution < 1.29 is 68.2 Å². The van der Waals surface area contributed by atoms with Gasteiger partial charge in [-0.15, -0.1) is 0 Å². The first kappa shape index (κ1) is 61.8. The summed E-state index contributed by atoms with van der Waals surface area (Å²) in [6.07, 6.45) is 3.48. The number of piperidine rings is 1. The Balaban J connectivity index is 0.951. The number of aromatic nitrogens is 1. The lowest BCUT2D eigenvalue weighted by Crippen LogP contribution is -2.82. The number of hydrogen-bond acceptors (Lipinski definition) is 19. The van der Waals surface area contributed by atoms with Gasteiger partial charge in [-0.05, 0) is 87.6 Å². The summed E-state index contributed by atoms with van der Waals surface area (Å²) in [5.41, 5.74) is 7.59. The molecule has 3 aromatic rings. The molecule has 3 fully saturated rings. The number of nitrogens with zero attached hydrogens (tertiary/aromatic N) is 3. The normalized spacial score (nSPS) is 30.2. The third kappa shape index (κ3) is 10.9. The summed E-state index contributed by atoms with van der Waals surface area (Å²) in [7, 11) is 7.52. The molecule has 1 unspecified atom stereocenters. The van der Waals surface area contributed by atoms with Gasteiger partial charge in [0.2, 0.25) is 5.91 Å². The van der Waals surface area contributed by atoms with Gasteiger partial charge in [-0.25, -0.2) is 10.2 Å². The topological polar surface area (TPSA) is 316 Å². The first-order valence-electron chi connectivity index (χ1n) is 28.8. The Hall–Kier alpha value is -5.73. The molecule has 83 heavy (non-hydrogen) atoms. The Labute approximate surface area is 491 Å². The van der Waals surface area contributed by atoms with Crippen LogP contribution >= 0.6 is 21.6 Å². The molecule has 12 atom stereocenters. The van der Waals surface area contributed by atoms with Crippen molar-refractivity contribution in [3.8, 4) is 5.75 Å². The molecule has 2 bridgehead atoms. The number of ether oxygens (including phenoxy) is 3. The van der Waals surface area contributed by atoms with E-state index in [4.69, 9.17) is 19.9 Å². The number of carboxylic acids is 1. The van der Waals surface area contributed by atoms with Crippen molar-refractivity contribution in [1.29, 1.82) is 0 Å². The van der Waals surface area contributed by atoms with E-state index < -0.39 is 93.9 Å². The molecule has 452 valence electrons. The van der Waals surface area contributed by atoms with E-state index >= 15 is 9.59 Å². The van der Waals surface area contributed by atoms with E-state index in [0.717, 1.165) is 22.0 Å². The largest absolute Gasteiger partial charge is 0.496 e. The van der Waals surface area contributed by atoms with Crippen molar-refractivity contribution in [2.24, 2.45) is 23.0 Å². The standard InChI is InChI=1S/C59H80N8O14S2/c1-7-55(77)29-35-30-58(53(75)80-6,47-38(16-20-66(32-35)33-55)37-13-9-10-14-41(37)61-47)40-27-39-43(28-45(40)79-5)65(4)50-57(39)18-21-67-19-12-17-56(8-2,49(57)67)51(73)59(50,78)52(74)63-64-54(76)81-22-24-83-82-23-11-15-44(69)42(31-60)62-48(72)36(25-34(3)68)26-46(70)71/h9-10,12-14,17,27-28,35-36,42,49-51,61,73,77-78H,7-8,11,15-16,18-26,29-33,60H2,1-6H3,(H,62,72)(H,63,74)(H,64,76)(H,70,71)/t35-,36+,42+,49+,50-,51-,55+,56-,57-,58+,59+/m1/s1. The first-order chi connectivity index (χ1) is 39.6. The molecule has 2 saturated heterocycles. The quantitative estimate of drug-likeness (QED) is 0.0229. The van der Waals surface area contributed by atoms with Gasteiger partial charge in [0.25, 0.3) is 5.91 Å². The third-order valence-electron chi connectivity index (χ3n) is 18.9.